The van der Waals surface area contributed by atoms with Crippen LogP contribution in [0.4, 0.5) is 0 Å². The van der Waals surface area contributed by atoms with Crippen LogP contribution in [-0.4, -0.2) is 30.0 Å². The molecule has 1 aromatic carbocycles. The Labute approximate surface area is 112 Å². The van der Waals surface area contributed by atoms with Gasteiger partial charge in [-0.15, -0.1) is 11.8 Å². The minimum absolute atomic E-state index is 0.0262. The molecular formula is C11H12BrNO3S. The molecule has 1 heterocycles. The quantitative estimate of drug-likeness (QED) is 0.895. The third kappa shape index (κ3) is 2.75. The van der Waals surface area contributed by atoms with Gasteiger partial charge >= 0.3 is 5.97 Å². The fourth-order valence-corrected chi connectivity index (χ4v) is 3.43. The van der Waals surface area contributed by atoms with E-state index in [1.807, 2.05) is 18.2 Å². The van der Waals surface area contributed by atoms with Crippen molar-refractivity contribution in [2.45, 2.75) is 11.4 Å². The van der Waals surface area contributed by atoms with Crippen LogP contribution in [-0.2, 0) is 4.79 Å². The number of halogens is 1. The van der Waals surface area contributed by atoms with Crippen molar-refractivity contribution in [1.29, 1.82) is 0 Å². The predicted molar refractivity (Wildman–Crippen MR) is 70.5 cm³/mol. The number of benzene rings is 1. The number of hydrogen-bond donors (Lipinski definition) is 2. The zero-order chi connectivity index (χ0) is 12.4. The molecule has 1 unspecified atom stereocenters. The van der Waals surface area contributed by atoms with Crippen LogP contribution in [0.1, 0.15) is 10.9 Å². The van der Waals surface area contributed by atoms with Crippen molar-refractivity contribution in [2.24, 2.45) is 0 Å². The number of carbonyl (C=O) groups is 1. The number of methoxy groups -OCH3 is 1. The molecule has 1 aliphatic rings. The Kier molecular flexibility index (Phi) is 3.96. The summed E-state index contributed by atoms with van der Waals surface area (Å²) in [5.74, 6) is 0.558. The van der Waals surface area contributed by atoms with E-state index in [1.54, 1.807) is 18.9 Å². The predicted octanol–water partition coefficient (Wildman–Crippen LogP) is 2.25. The first kappa shape index (κ1) is 12.7. The van der Waals surface area contributed by atoms with Crippen molar-refractivity contribution in [3.05, 3.63) is 28.2 Å². The maximum absolute atomic E-state index is 10.8. The minimum Gasteiger partial charge on any atom is -0.496 e. The monoisotopic (exact) mass is 317 g/mol. The zero-order valence-corrected chi connectivity index (χ0v) is 11.5. The molecular weight excluding hydrogens is 306 g/mol. The summed E-state index contributed by atoms with van der Waals surface area (Å²) in [4.78, 5) is 10.8. The van der Waals surface area contributed by atoms with Crippen LogP contribution in [0.5, 0.6) is 5.75 Å². The van der Waals surface area contributed by atoms with Gasteiger partial charge in [-0.2, -0.15) is 0 Å². The van der Waals surface area contributed by atoms with Crippen LogP contribution in [0.2, 0.25) is 0 Å². The van der Waals surface area contributed by atoms with Gasteiger partial charge in [-0.25, -0.2) is 0 Å². The summed E-state index contributed by atoms with van der Waals surface area (Å²) < 4.78 is 6.03. The summed E-state index contributed by atoms with van der Waals surface area (Å²) in [5.41, 5.74) is 1.05. The number of carboxylic acid groups (broad SMARTS) is 1. The van der Waals surface area contributed by atoms with Crippen LogP contribution < -0.4 is 10.1 Å². The van der Waals surface area contributed by atoms with E-state index in [9.17, 15) is 4.79 Å². The standard InChI is InChI=1S/C11H12BrNO3S/c1-16-9-3-2-6(4-7(9)12)10-13-8(5-17-10)11(14)15/h2-4,8,10,13H,5H2,1H3,(H,14,15)/t8-,10?/m1/s1. The number of ether oxygens (including phenoxy) is 1. The molecule has 92 valence electrons. The first-order chi connectivity index (χ1) is 8.11. The Bertz CT molecular complexity index is 441. The van der Waals surface area contributed by atoms with Crippen molar-refractivity contribution in [2.75, 3.05) is 12.9 Å². The molecule has 0 amide bonds. The smallest absolute Gasteiger partial charge is 0.321 e. The molecule has 2 atom stereocenters. The van der Waals surface area contributed by atoms with Gasteiger partial charge in [0.05, 0.1) is 17.0 Å². The highest BCUT2D eigenvalue weighted by Gasteiger charge is 2.30. The second-order valence-electron chi connectivity index (χ2n) is 3.66. The molecule has 1 saturated heterocycles. The summed E-state index contributed by atoms with van der Waals surface area (Å²) in [7, 11) is 1.61. The summed E-state index contributed by atoms with van der Waals surface area (Å²) in [6.07, 6.45) is 0. The normalized spacial score (nSPS) is 23.6. The maximum atomic E-state index is 10.8. The van der Waals surface area contributed by atoms with Crippen LogP contribution in [0.15, 0.2) is 22.7 Å². The van der Waals surface area contributed by atoms with Gasteiger partial charge in [-0.05, 0) is 33.6 Å². The summed E-state index contributed by atoms with van der Waals surface area (Å²) >= 11 is 5.02. The van der Waals surface area contributed by atoms with Crippen molar-refractivity contribution in [3.63, 3.8) is 0 Å². The van der Waals surface area contributed by atoms with E-state index in [-0.39, 0.29) is 5.37 Å². The molecule has 6 heteroatoms. The lowest BCUT2D eigenvalue weighted by atomic mass is 10.2. The van der Waals surface area contributed by atoms with Crippen molar-refractivity contribution < 1.29 is 14.6 Å². The van der Waals surface area contributed by atoms with Gasteiger partial charge in [-0.3, -0.25) is 10.1 Å². The highest BCUT2D eigenvalue weighted by molar-refractivity contribution is 9.10. The van der Waals surface area contributed by atoms with E-state index in [2.05, 4.69) is 21.2 Å². The number of aliphatic carboxylic acids is 1. The van der Waals surface area contributed by atoms with Gasteiger partial charge in [-0.1, -0.05) is 6.07 Å². The number of rotatable bonds is 3. The molecule has 1 fully saturated rings. The van der Waals surface area contributed by atoms with E-state index in [1.165, 1.54) is 0 Å². The van der Waals surface area contributed by atoms with Gasteiger partial charge in [0.2, 0.25) is 0 Å². The zero-order valence-electron chi connectivity index (χ0n) is 9.14. The van der Waals surface area contributed by atoms with Crippen LogP contribution in [0, 0.1) is 0 Å². The Morgan fingerprint density at radius 3 is 2.94 bits per heavy atom. The molecule has 0 radical (unpaired) electrons. The van der Waals surface area contributed by atoms with Crippen molar-refractivity contribution >= 4 is 33.7 Å². The molecule has 1 aliphatic heterocycles. The van der Waals surface area contributed by atoms with E-state index in [4.69, 9.17) is 9.84 Å². The molecule has 0 aromatic heterocycles. The van der Waals surface area contributed by atoms with E-state index in [0.717, 1.165) is 15.8 Å². The van der Waals surface area contributed by atoms with Gasteiger partial charge in [0, 0.05) is 5.75 Å². The van der Waals surface area contributed by atoms with Crippen LogP contribution in [0.25, 0.3) is 0 Å². The average molecular weight is 318 g/mol. The highest BCUT2D eigenvalue weighted by atomic mass is 79.9. The van der Waals surface area contributed by atoms with Gasteiger partial charge in [0.1, 0.15) is 11.8 Å². The molecule has 2 N–H and O–H groups in total. The van der Waals surface area contributed by atoms with Crippen LogP contribution >= 0.6 is 27.7 Å². The number of thioether (sulfide) groups is 1. The molecule has 0 bridgehead atoms. The Morgan fingerprint density at radius 1 is 1.65 bits per heavy atom. The van der Waals surface area contributed by atoms with Crippen molar-refractivity contribution in [1.82, 2.24) is 5.32 Å². The third-order valence-electron chi connectivity index (χ3n) is 2.56. The molecule has 0 spiro atoms. The lowest BCUT2D eigenvalue weighted by molar-refractivity contribution is -0.138. The highest BCUT2D eigenvalue weighted by Crippen LogP contribution is 2.36. The Hall–Kier alpha value is -0.720. The molecule has 0 aliphatic carbocycles. The molecule has 0 saturated carbocycles. The Balaban J connectivity index is 2.14. The lowest BCUT2D eigenvalue weighted by Crippen LogP contribution is -2.33. The second kappa shape index (κ2) is 5.29. The van der Waals surface area contributed by atoms with Crippen LogP contribution in [0.3, 0.4) is 0 Å². The average Bonchev–Trinajstić information content (AvgIpc) is 2.78. The number of hydrogen-bond acceptors (Lipinski definition) is 4. The summed E-state index contributed by atoms with van der Waals surface area (Å²) in [5, 5.41) is 12.0. The SMILES string of the molecule is COc1ccc(C2N[C@@H](C(=O)O)CS2)cc1Br. The van der Waals surface area contributed by atoms with E-state index in [0.29, 0.717) is 5.75 Å². The summed E-state index contributed by atoms with van der Waals surface area (Å²) in [6, 6.07) is 5.30. The first-order valence-corrected chi connectivity index (χ1v) is 6.90. The fourth-order valence-electron chi connectivity index (χ4n) is 1.65. The molecule has 2 rings (SSSR count). The topological polar surface area (TPSA) is 58.6 Å². The van der Waals surface area contributed by atoms with Gasteiger partial charge in [0.15, 0.2) is 0 Å². The van der Waals surface area contributed by atoms with Gasteiger partial charge < -0.3 is 9.84 Å². The maximum Gasteiger partial charge on any atom is 0.321 e. The lowest BCUT2D eigenvalue weighted by Gasteiger charge is -2.13. The summed E-state index contributed by atoms with van der Waals surface area (Å²) in [6.45, 7) is 0. The van der Waals surface area contributed by atoms with E-state index < -0.39 is 12.0 Å². The fraction of sp³-hybridized carbons (Fsp3) is 0.364. The van der Waals surface area contributed by atoms with E-state index >= 15 is 0 Å². The third-order valence-corrected chi connectivity index (χ3v) is 4.45. The first-order valence-electron chi connectivity index (χ1n) is 5.05. The molecule has 17 heavy (non-hydrogen) atoms. The minimum atomic E-state index is -0.799. The largest absolute Gasteiger partial charge is 0.496 e. The van der Waals surface area contributed by atoms with Gasteiger partial charge in [0.25, 0.3) is 0 Å². The second-order valence-corrected chi connectivity index (χ2v) is 5.66. The molecule has 1 aromatic rings. The Morgan fingerprint density at radius 2 is 2.41 bits per heavy atom. The molecule has 4 nitrogen and oxygen atoms in total. The van der Waals surface area contributed by atoms with Crippen molar-refractivity contribution in [3.8, 4) is 5.75 Å². The number of nitrogens with one attached hydrogen (secondary N) is 1. The number of carboxylic acids is 1.